The minimum atomic E-state index is -0.234. The number of hydrogen-bond donors (Lipinski definition) is 1. The highest BCUT2D eigenvalue weighted by Gasteiger charge is 2.11. The first-order valence-electron chi connectivity index (χ1n) is 6.56. The van der Waals surface area contributed by atoms with E-state index in [1.54, 1.807) is 30.0 Å². The molecule has 0 fully saturated rings. The van der Waals surface area contributed by atoms with Crippen LogP contribution in [0, 0.1) is 11.6 Å². The van der Waals surface area contributed by atoms with Crippen molar-refractivity contribution in [2.24, 2.45) is 0 Å². The first-order chi connectivity index (χ1) is 9.69. The van der Waals surface area contributed by atoms with E-state index < -0.39 is 0 Å². The Bertz CT molecular complexity index is 542. The second kappa shape index (κ2) is 7.41. The maximum absolute atomic E-state index is 13.1. The average molecular weight is 293 g/mol. The highest BCUT2D eigenvalue weighted by molar-refractivity contribution is 7.99. The van der Waals surface area contributed by atoms with Gasteiger partial charge >= 0.3 is 0 Å². The second-order valence-corrected chi connectivity index (χ2v) is 5.52. The van der Waals surface area contributed by atoms with Gasteiger partial charge < -0.3 is 5.32 Å². The smallest absolute Gasteiger partial charge is 0.124 e. The summed E-state index contributed by atoms with van der Waals surface area (Å²) in [6, 6.07) is 13.2. The first-order valence-corrected chi connectivity index (χ1v) is 7.55. The lowest BCUT2D eigenvalue weighted by Crippen LogP contribution is -2.22. The minimum Gasteiger partial charge on any atom is -0.309 e. The maximum Gasteiger partial charge on any atom is 0.124 e. The molecule has 0 heterocycles. The van der Waals surface area contributed by atoms with Gasteiger partial charge in [0.15, 0.2) is 0 Å². The van der Waals surface area contributed by atoms with E-state index in [1.807, 2.05) is 13.0 Å². The van der Waals surface area contributed by atoms with Gasteiger partial charge in [-0.2, -0.15) is 0 Å². The molecule has 0 aliphatic rings. The molecule has 0 aromatic heterocycles. The quantitative estimate of drug-likeness (QED) is 0.792. The monoisotopic (exact) mass is 293 g/mol. The van der Waals surface area contributed by atoms with Crippen molar-refractivity contribution in [3.8, 4) is 0 Å². The standard InChI is InChI=1S/C16H17F2NS/c1-2-19-16(12-6-8-13(17)9-7-12)11-20-15-5-3-4-14(18)10-15/h3-10,16,19H,2,11H2,1H3. The summed E-state index contributed by atoms with van der Waals surface area (Å²) in [5, 5.41) is 3.37. The molecule has 0 aliphatic carbocycles. The van der Waals surface area contributed by atoms with Crippen molar-refractivity contribution in [3.63, 3.8) is 0 Å². The van der Waals surface area contributed by atoms with E-state index in [2.05, 4.69) is 5.32 Å². The topological polar surface area (TPSA) is 12.0 Å². The molecule has 0 saturated carbocycles. The van der Waals surface area contributed by atoms with Crippen molar-refractivity contribution >= 4 is 11.8 Å². The van der Waals surface area contributed by atoms with Gasteiger partial charge in [-0.05, 0) is 42.4 Å². The molecule has 1 unspecified atom stereocenters. The summed E-state index contributed by atoms with van der Waals surface area (Å²) < 4.78 is 26.1. The Hall–Kier alpha value is -1.39. The van der Waals surface area contributed by atoms with Crippen LogP contribution < -0.4 is 5.32 Å². The van der Waals surface area contributed by atoms with Crippen LogP contribution in [0.25, 0.3) is 0 Å². The summed E-state index contributed by atoms with van der Waals surface area (Å²) in [4.78, 5) is 0.898. The van der Waals surface area contributed by atoms with Gasteiger partial charge in [-0.15, -0.1) is 11.8 Å². The largest absolute Gasteiger partial charge is 0.309 e. The molecular weight excluding hydrogens is 276 g/mol. The number of benzene rings is 2. The van der Waals surface area contributed by atoms with Crippen molar-refractivity contribution in [1.29, 1.82) is 0 Å². The molecule has 20 heavy (non-hydrogen) atoms. The van der Waals surface area contributed by atoms with Crippen LogP contribution in [0.2, 0.25) is 0 Å². The summed E-state index contributed by atoms with van der Waals surface area (Å²) in [7, 11) is 0. The van der Waals surface area contributed by atoms with Gasteiger partial charge in [-0.3, -0.25) is 0 Å². The normalized spacial score (nSPS) is 12.3. The number of rotatable bonds is 6. The van der Waals surface area contributed by atoms with Gasteiger partial charge in [-0.25, -0.2) is 8.78 Å². The predicted molar refractivity (Wildman–Crippen MR) is 79.9 cm³/mol. The van der Waals surface area contributed by atoms with Crippen LogP contribution in [0.4, 0.5) is 8.78 Å². The summed E-state index contributed by atoms with van der Waals surface area (Å²) >= 11 is 1.59. The number of nitrogens with one attached hydrogen (secondary N) is 1. The van der Waals surface area contributed by atoms with Gasteiger partial charge in [0.25, 0.3) is 0 Å². The second-order valence-electron chi connectivity index (χ2n) is 4.43. The van der Waals surface area contributed by atoms with Gasteiger partial charge in [-0.1, -0.05) is 25.1 Å². The van der Waals surface area contributed by atoms with E-state index in [1.165, 1.54) is 24.3 Å². The summed E-state index contributed by atoms with van der Waals surface area (Å²) in [5.41, 5.74) is 1.04. The zero-order valence-electron chi connectivity index (χ0n) is 11.3. The van der Waals surface area contributed by atoms with Gasteiger partial charge in [0, 0.05) is 16.7 Å². The lowest BCUT2D eigenvalue weighted by Gasteiger charge is -2.18. The third-order valence-corrected chi connectivity index (χ3v) is 4.02. The van der Waals surface area contributed by atoms with Crippen LogP contribution in [0.5, 0.6) is 0 Å². The highest BCUT2D eigenvalue weighted by Crippen LogP contribution is 2.25. The van der Waals surface area contributed by atoms with Crippen molar-refractivity contribution in [2.45, 2.75) is 17.9 Å². The van der Waals surface area contributed by atoms with Crippen molar-refractivity contribution in [1.82, 2.24) is 5.32 Å². The molecule has 0 radical (unpaired) electrons. The van der Waals surface area contributed by atoms with Gasteiger partial charge in [0.05, 0.1) is 0 Å². The van der Waals surface area contributed by atoms with Gasteiger partial charge in [0.1, 0.15) is 11.6 Å². The van der Waals surface area contributed by atoms with E-state index in [0.717, 1.165) is 22.8 Å². The van der Waals surface area contributed by atoms with Crippen LogP contribution in [-0.2, 0) is 0 Å². The van der Waals surface area contributed by atoms with E-state index in [-0.39, 0.29) is 17.7 Å². The fourth-order valence-electron chi connectivity index (χ4n) is 1.95. The van der Waals surface area contributed by atoms with E-state index in [4.69, 9.17) is 0 Å². The Labute approximate surface area is 122 Å². The molecule has 106 valence electrons. The van der Waals surface area contributed by atoms with E-state index in [9.17, 15) is 8.78 Å². The molecule has 0 bridgehead atoms. The van der Waals surface area contributed by atoms with Crippen molar-refractivity contribution in [2.75, 3.05) is 12.3 Å². The molecular formula is C16H17F2NS. The number of halogens is 2. The molecule has 0 aliphatic heterocycles. The average Bonchev–Trinajstić information content (AvgIpc) is 2.44. The number of thioether (sulfide) groups is 1. The zero-order valence-corrected chi connectivity index (χ0v) is 12.1. The van der Waals surface area contributed by atoms with Crippen LogP contribution in [-0.4, -0.2) is 12.3 Å². The molecule has 1 nitrogen and oxygen atoms in total. The Morgan fingerprint density at radius 1 is 1.05 bits per heavy atom. The Balaban J connectivity index is 2.04. The fraction of sp³-hybridized carbons (Fsp3) is 0.250. The predicted octanol–water partition coefficient (Wildman–Crippen LogP) is 4.41. The molecule has 2 aromatic carbocycles. The Kier molecular flexibility index (Phi) is 5.56. The molecule has 1 atom stereocenters. The lowest BCUT2D eigenvalue weighted by molar-refractivity contribution is 0.597. The third kappa shape index (κ3) is 4.32. The number of hydrogen-bond acceptors (Lipinski definition) is 2. The molecule has 2 aromatic rings. The Morgan fingerprint density at radius 2 is 1.80 bits per heavy atom. The van der Waals surface area contributed by atoms with E-state index in [0.29, 0.717) is 0 Å². The summed E-state index contributed by atoms with van der Waals surface area (Å²) in [6.07, 6.45) is 0. The van der Waals surface area contributed by atoms with Crippen LogP contribution in [0.1, 0.15) is 18.5 Å². The van der Waals surface area contributed by atoms with Gasteiger partial charge in [0.2, 0.25) is 0 Å². The fourth-order valence-corrected chi connectivity index (χ4v) is 2.99. The van der Waals surface area contributed by atoms with E-state index >= 15 is 0 Å². The molecule has 0 amide bonds. The van der Waals surface area contributed by atoms with Crippen LogP contribution >= 0.6 is 11.8 Å². The van der Waals surface area contributed by atoms with Crippen molar-refractivity contribution < 1.29 is 8.78 Å². The molecule has 0 saturated heterocycles. The zero-order chi connectivity index (χ0) is 14.4. The highest BCUT2D eigenvalue weighted by atomic mass is 32.2. The molecule has 0 spiro atoms. The Morgan fingerprint density at radius 3 is 2.45 bits per heavy atom. The lowest BCUT2D eigenvalue weighted by atomic mass is 10.1. The molecule has 1 N–H and O–H groups in total. The summed E-state index contributed by atoms with van der Waals surface area (Å²) in [5.74, 6) is 0.307. The van der Waals surface area contributed by atoms with Crippen molar-refractivity contribution in [3.05, 3.63) is 65.7 Å². The maximum atomic E-state index is 13.1. The molecule has 2 rings (SSSR count). The first kappa shape index (κ1) is 15.0. The van der Waals surface area contributed by atoms with Crippen LogP contribution in [0.3, 0.4) is 0 Å². The van der Waals surface area contributed by atoms with Crippen LogP contribution in [0.15, 0.2) is 53.4 Å². The third-order valence-electron chi connectivity index (χ3n) is 2.94. The SMILES string of the molecule is CCNC(CSc1cccc(F)c1)c1ccc(F)cc1. The summed E-state index contributed by atoms with van der Waals surface area (Å²) in [6.45, 7) is 2.86. The molecule has 4 heteroatoms. The minimum absolute atomic E-state index is 0.119.